The summed E-state index contributed by atoms with van der Waals surface area (Å²) in [5.41, 5.74) is 0.280. The number of amides is 1. The number of nitro benzene ring substituents is 1. The lowest BCUT2D eigenvalue weighted by Gasteiger charge is -2.23. The van der Waals surface area contributed by atoms with Gasteiger partial charge in [0, 0.05) is 17.9 Å². The first kappa shape index (κ1) is 24.7. The van der Waals surface area contributed by atoms with Crippen molar-refractivity contribution in [3.63, 3.8) is 0 Å². The van der Waals surface area contributed by atoms with Crippen LogP contribution in [0.5, 0.6) is 0 Å². The Labute approximate surface area is 221 Å². The number of non-ortho nitro benzene ring substituents is 1. The minimum Gasteiger partial charge on any atom is -0.503 e. The van der Waals surface area contributed by atoms with Gasteiger partial charge in [-0.1, -0.05) is 59.5 Å². The molecule has 3 heterocycles. The second-order valence-electron chi connectivity index (χ2n) is 7.73. The molecule has 0 spiro atoms. The lowest BCUT2D eigenvalue weighted by Crippen LogP contribution is -2.31. The lowest BCUT2D eigenvalue weighted by molar-refractivity contribution is -0.384. The number of hydrogen-bond acceptors (Lipinski definition) is 10. The molecule has 0 saturated carbocycles. The highest BCUT2D eigenvalue weighted by atomic mass is 32.2. The summed E-state index contributed by atoms with van der Waals surface area (Å²) in [4.78, 5) is 38.8. The number of aliphatic hydroxyl groups is 1. The highest BCUT2D eigenvalue weighted by Crippen LogP contribution is 2.44. The Kier molecular flexibility index (Phi) is 6.82. The van der Waals surface area contributed by atoms with Crippen LogP contribution in [0.2, 0.25) is 0 Å². The largest absolute Gasteiger partial charge is 0.503 e. The van der Waals surface area contributed by atoms with Crippen molar-refractivity contribution >= 4 is 56.9 Å². The Morgan fingerprint density at radius 3 is 2.70 bits per heavy atom. The standard InChI is InChI=1S/C24H15FN4O5S3/c25-16-8-2-1-5-14(16)12-36-24-27-26-23(37-24)28-19(13-6-3-7-15(11-13)29(33)34)18(21(31)22(28)32)20(30)17-9-4-10-35-17/h1-11,19,31H,12H2. The molecule has 1 amide bonds. The number of nitro groups is 1. The van der Waals surface area contributed by atoms with Gasteiger partial charge in [0.15, 0.2) is 10.1 Å². The summed E-state index contributed by atoms with van der Waals surface area (Å²) in [6.07, 6.45) is 0. The van der Waals surface area contributed by atoms with Crippen molar-refractivity contribution in [2.75, 3.05) is 4.90 Å². The number of Topliss-reactive ketones (excluding diaryl/α,β-unsaturated/α-hetero) is 1. The molecule has 2 aromatic carbocycles. The molecule has 5 rings (SSSR count). The zero-order valence-corrected chi connectivity index (χ0v) is 21.1. The van der Waals surface area contributed by atoms with Crippen LogP contribution in [-0.2, 0) is 10.5 Å². The Morgan fingerprint density at radius 2 is 1.97 bits per heavy atom. The summed E-state index contributed by atoms with van der Waals surface area (Å²) in [6.45, 7) is 0. The van der Waals surface area contributed by atoms with E-state index in [1.807, 2.05) is 0 Å². The molecular formula is C24H15FN4O5S3. The third-order valence-electron chi connectivity index (χ3n) is 5.51. The van der Waals surface area contributed by atoms with Crippen molar-refractivity contribution < 1.29 is 24.0 Å². The second-order valence-corrected chi connectivity index (χ2v) is 10.9. The van der Waals surface area contributed by atoms with E-state index in [-0.39, 0.29) is 33.5 Å². The molecule has 0 fully saturated rings. The Morgan fingerprint density at radius 1 is 1.16 bits per heavy atom. The van der Waals surface area contributed by atoms with Gasteiger partial charge in [-0.2, -0.15) is 0 Å². The molecule has 2 aromatic heterocycles. The summed E-state index contributed by atoms with van der Waals surface area (Å²) in [5, 5.41) is 32.2. The Hall–Kier alpha value is -3.94. The van der Waals surface area contributed by atoms with Gasteiger partial charge in [-0.05, 0) is 28.6 Å². The zero-order chi connectivity index (χ0) is 26.1. The van der Waals surface area contributed by atoms with Crippen LogP contribution in [0, 0.1) is 15.9 Å². The number of aliphatic hydroxyl groups excluding tert-OH is 1. The number of halogens is 1. The number of nitrogens with zero attached hydrogens (tertiary/aromatic N) is 4. The first-order valence-corrected chi connectivity index (χ1v) is 13.3. The maximum atomic E-state index is 14.0. The number of anilines is 1. The van der Waals surface area contributed by atoms with E-state index in [1.54, 1.807) is 35.7 Å². The Balaban J connectivity index is 1.53. The van der Waals surface area contributed by atoms with Crippen molar-refractivity contribution in [2.45, 2.75) is 16.1 Å². The number of carbonyl (C=O) groups is 2. The van der Waals surface area contributed by atoms with Crippen LogP contribution >= 0.6 is 34.4 Å². The van der Waals surface area contributed by atoms with Crippen molar-refractivity contribution in [2.24, 2.45) is 0 Å². The predicted octanol–water partition coefficient (Wildman–Crippen LogP) is 5.72. The minimum absolute atomic E-state index is 0.0815. The molecular weight excluding hydrogens is 539 g/mol. The number of rotatable bonds is 8. The number of hydrogen-bond donors (Lipinski definition) is 1. The summed E-state index contributed by atoms with van der Waals surface area (Å²) in [6, 6.07) is 13.9. The van der Waals surface area contributed by atoms with Crippen LogP contribution in [0.25, 0.3) is 0 Å². The molecule has 9 nitrogen and oxygen atoms in total. The van der Waals surface area contributed by atoms with Gasteiger partial charge in [-0.15, -0.1) is 21.5 Å². The third kappa shape index (κ3) is 4.75. The van der Waals surface area contributed by atoms with Gasteiger partial charge in [-0.3, -0.25) is 24.6 Å². The molecule has 186 valence electrons. The molecule has 1 unspecified atom stereocenters. The van der Waals surface area contributed by atoms with Crippen LogP contribution in [0.1, 0.15) is 26.8 Å². The summed E-state index contributed by atoms with van der Waals surface area (Å²) >= 11 is 3.38. The SMILES string of the molecule is O=C(C1=C(O)C(=O)N(c2nnc(SCc3ccccc3F)s2)C1c1cccc([N+](=O)[O-])c1)c1cccs1. The number of thiophene rings is 1. The average molecular weight is 555 g/mol. The van der Waals surface area contributed by atoms with Gasteiger partial charge in [-0.25, -0.2) is 4.39 Å². The van der Waals surface area contributed by atoms with Crippen LogP contribution in [0.3, 0.4) is 0 Å². The predicted molar refractivity (Wildman–Crippen MR) is 137 cm³/mol. The normalized spacial score (nSPS) is 15.4. The average Bonchev–Trinajstić information content (AvgIpc) is 3.64. The van der Waals surface area contributed by atoms with E-state index in [2.05, 4.69) is 10.2 Å². The molecule has 1 N–H and O–H groups in total. The number of ketones is 1. The number of thioether (sulfide) groups is 1. The Bertz CT molecular complexity index is 1550. The van der Waals surface area contributed by atoms with Gasteiger partial charge in [0.05, 0.1) is 21.4 Å². The number of carbonyl (C=O) groups excluding carboxylic acids is 2. The van der Waals surface area contributed by atoms with E-state index >= 15 is 0 Å². The van der Waals surface area contributed by atoms with Crippen molar-refractivity contribution in [3.05, 3.63) is 109 Å². The highest BCUT2D eigenvalue weighted by Gasteiger charge is 2.46. The van der Waals surface area contributed by atoms with Gasteiger partial charge in [0.25, 0.3) is 11.6 Å². The van der Waals surface area contributed by atoms with Gasteiger partial charge in [0.2, 0.25) is 10.9 Å². The molecule has 1 aliphatic rings. The quantitative estimate of drug-likeness (QED) is 0.0963. The van der Waals surface area contributed by atoms with Crippen molar-refractivity contribution in [1.29, 1.82) is 0 Å². The van der Waals surface area contributed by atoms with Crippen LogP contribution < -0.4 is 4.90 Å². The molecule has 37 heavy (non-hydrogen) atoms. The first-order chi connectivity index (χ1) is 17.8. The van der Waals surface area contributed by atoms with E-state index in [0.717, 1.165) is 27.6 Å². The van der Waals surface area contributed by atoms with Crippen LogP contribution in [0.4, 0.5) is 15.2 Å². The van der Waals surface area contributed by atoms with Gasteiger partial charge in [0.1, 0.15) is 5.82 Å². The maximum absolute atomic E-state index is 14.0. The van der Waals surface area contributed by atoms with Crippen LogP contribution in [-0.4, -0.2) is 31.9 Å². The molecule has 0 radical (unpaired) electrons. The summed E-state index contributed by atoms with van der Waals surface area (Å²) in [5.74, 6) is -2.29. The molecule has 1 atom stereocenters. The zero-order valence-electron chi connectivity index (χ0n) is 18.6. The van der Waals surface area contributed by atoms with E-state index in [0.29, 0.717) is 14.8 Å². The molecule has 0 saturated heterocycles. The van der Waals surface area contributed by atoms with E-state index in [1.165, 1.54) is 42.1 Å². The van der Waals surface area contributed by atoms with Crippen molar-refractivity contribution in [3.8, 4) is 0 Å². The number of aromatic nitrogens is 2. The fourth-order valence-corrected chi connectivity index (χ4v) is 6.34. The molecule has 1 aliphatic heterocycles. The fourth-order valence-electron chi connectivity index (χ4n) is 3.81. The van der Waals surface area contributed by atoms with E-state index in [4.69, 9.17) is 0 Å². The fraction of sp³-hybridized carbons (Fsp3) is 0.0833. The smallest absolute Gasteiger partial charge is 0.296 e. The topological polar surface area (TPSA) is 127 Å². The molecule has 0 bridgehead atoms. The number of benzene rings is 2. The monoisotopic (exact) mass is 554 g/mol. The third-order valence-corrected chi connectivity index (χ3v) is 8.48. The van der Waals surface area contributed by atoms with E-state index < -0.39 is 28.4 Å². The highest BCUT2D eigenvalue weighted by molar-refractivity contribution is 8.00. The first-order valence-electron chi connectivity index (χ1n) is 10.6. The van der Waals surface area contributed by atoms with Crippen LogP contribution in [0.15, 0.2) is 81.7 Å². The lowest BCUT2D eigenvalue weighted by atomic mass is 9.95. The minimum atomic E-state index is -1.17. The van der Waals surface area contributed by atoms with Gasteiger partial charge < -0.3 is 5.11 Å². The molecule has 0 aliphatic carbocycles. The molecule has 13 heteroatoms. The van der Waals surface area contributed by atoms with Crippen molar-refractivity contribution in [1.82, 2.24) is 10.2 Å². The molecule has 4 aromatic rings. The summed E-state index contributed by atoms with van der Waals surface area (Å²) < 4.78 is 14.4. The second kappa shape index (κ2) is 10.2. The van der Waals surface area contributed by atoms with Gasteiger partial charge >= 0.3 is 0 Å². The van der Waals surface area contributed by atoms with E-state index in [9.17, 15) is 29.2 Å². The summed E-state index contributed by atoms with van der Waals surface area (Å²) in [7, 11) is 0. The maximum Gasteiger partial charge on any atom is 0.296 e.